The summed E-state index contributed by atoms with van der Waals surface area (Å²) in [5.41, 5.74) is 8.09. The molecule has 0 saturated carbocycles. The maximum absolute atomic E-state index is 2.32. The number of nitrogens with zero attached hydrogens (tertiary/aromatic N) is 2. The quantitative estimate of drug-likeness (QED) is 0.712. The van der Waals surface area contributed by atoms with E-state index in [-0.39, 0.29) is 23.2 Å². The smallest absolute Gasteiger partial charge is 0.209 e. The molecule has 0 saturated heterocycles. The van der Waals surface area contributed by atoms with E-state index in [1.807, 2.05) is 0 Å². The number of hydrogen-bond acceptors (Lipinski definition) is 1. The minimum Gasteiger partial charge on any atom is -1.00 e. The second kappa shape index (κ2) is 6.93. The minimum atomic E-state index is 0. The van der Waals surface area contributed by atoms with Crippen molar-refractivity contribution in [2.45, 2.75) is 38.5 Å². The van der Waals surface area contributed by atoms with Crippen LogP contribution < -0.4 is 17.3 Å². The summed E-state index contributed by atoms with van der Waals surface area (Å²) in [6, 6.07) is 17.4. The topological polar surface area (TPSA) is 6.25 Å². The molecule has 3 heteroatoms. The molecule has 0 radical (unpaired) electrons. The third kappa shape index (κ3) is 2.82. The van der Waals surface area contributed by atoms with Crippen molar-refractivity contribution >= 4 is 17.1 Å². The first-order valence-electron chi connectivity index (χ1n) is 9.69. The Labute approximate surface area is 175 Å². The van der Waals surface area contributed by atoms with Gasteiger partial charge in [0.05, 0.1) is 5.41 Å². The lowest BCUT2D eigenvalue weighted by molar-refractivity contribution is -0.401. The van der Waals surface area contributed by atoms with Crippen LogP contribution in [0.4, 0.5) is 11.4 Å². The summed E-state index contributed by atoms with van der Waals surface area (Å²) in [6.07, 6.45) is 6.78. The number of para-hydroxylation sites is 2. The molecule has 28 heavy (non-hydrogen) atoms. The van der Waals surface area contributed by atoms with E-state index in [1.165, 1.54) is 33.9 Å². The van der Waals surface area contributed by atoms with E-state index in [2.05, 4.69) is 118 Å². The fraction of sp³-hybridized carbons (Fsp3) is 0.320. The molecule has 0 bridgehead atoms. The van der Waals surface area contributed by atoms with Crippen LogP contribution in [0.2, 0.25) is 0 Å². The Morgan fingerprint density at radius 2 is 1.46 bits per heavy atom. The van der Waals surface area contributed by atoms with Gasteiger partial charge >= 0.3 is 0 Å². The van der Waals surface area contributed by atoms with Crippen LogP contribution in [0.1, 0.15) is 38.8 Å². The predicted octanol–water partition coefficient (Wildman–Crippen LogP) is 2.56. The van der Waals surface area contributed by atoms with E-state index >= 15 is 0 Å². The Balaban J connectivity index is 0.00000225. The molecule has 2 aliphatic rings. The first-order valence-corrected chi connectivity index (χ1v) is 9.69. The molecule has 0 fully saturated rings. The maximum Gasteiger partial charge on any atom is 0.209 e. The van der Waals surface area contributed by atoms with E-state index in [4.69, 9.17) is 0 Å². The number of allylic oxidation sites excluding steroid dienone is 4. The molecule has 2 heterocycles. The van der Waals surface area contributed by atoms with Crippen molar-refractivity contribution in [1.82, 2.24) is 0 Å². The first-order chi connectivity index (χ1) is 12.8. The summed E-state index contributed by atoms with van der Waals surface area (Å²) in [5.74, 6) is 0. The van der Waals surface area contributed by atoms with Crippen LogP contribution in [-0.4, -0.2) is 24.4 Å². The Kier molecular flexibility index (Phi) is 5.05. The molecule has 0 amide bonds. The zero-order valence-corrected chi connectivity index (χ0v) is 18.4. The molecule has 146 valence electrons. The normalized spacial score (nSPS) is 20.5. The highest BCUT2D eigenvalue weighted by Crippen LogP contribution is 2.46. The Hall–Kier alpha value is -2.32. The molecule has 0 unspecified atom stereocenters. The van der Waals surface area contributed by atoms with Gasteiger partial charge in [-0.2, -0.15) is 4.58 Å². The van der Waals surface area contributed by atoms with Crippen LogP contribution in [0, 0.1) is 0 Å². The van der Waals surface area contributed by atoms with Gasteiger partial charge in [0.2, 0.25) is 5.69 Å². The fourth-order valence-electron chi connectivity index (χ4n) is 4.83. The highest BCUT2D eigenvalue weighted by molar-refractivity contribution is 6.03. The van der Waals surface area contributed by atoms with Crippen LogP contribution in [-0.2, 0) is 10.8 Å². The van der Waals surface area contributed by atoms with Crippen molar-refractivity contribution in [2.75, 3.05) is 19.0 Å². The summed E-state index contributed by atoms with van der Waals surface area (Å²) < 4.78 is 2.32. The number of rotatable bonds is 2. The molecule has 0 spiro atoms. The number of hydrogen-bond donors (Lipinski definition) is 0. The summed E-state index contributed by atoms with van der Waals surface area (Å²) >= 11 is 0. The largest absolute Gasteiger partial charge is 1.00 e. The number of fused-ring (bicyclic) bond motifs is 2. The van der Waals surface area contributed by atoms with Crippen molar-refractivity contribution < 1.29 is 17.0 Å². The van der Waals surface area contributed by atoms with Crippen molar-refractivity contribution in [3.63, 3.8) is 0 Å². The van der Waals surface area contributed by atoms with E-state index in [0.717, 1.165) is 0 Å². The number of benzene rings is 2. The fourth-order valence-corrected chi connectivity index (χ4v) is 4.83. The van der Waals surface area contributed by atoms with E-state index in [1.54, 1.807) is 0 Å². The van der Waals surface area contributed by atoms with Gasteiger partial charge in [0.15, 0.2) is 5.71 Å². The van der Waals surface area contributed by atoms with Gasteiger partial charge in [0, 0.05) is 41.6 Å². The molecule has 4 rings (SSSR count). The number of halogens is 1. The molecule has 0 aliphatic carbocycles. The van der Waals surface area contributed by atoms with E-state index < -0.39 is 0 Å². The maximum atomic E-state index is 2.32. The van der Waals surface area contributed by atoms with E-state index in [9.17, 15) is 0 Å². The average Bonchev–Trinajstić information content (AvgIpc) is 2.96. The molecule has 0 aromatic heterocycles. The number of likely N-dealkylation sites (N-methyl/N-ethyl adjacent to an activating group) is 1. The Morgan fingerprint density at radius 1 is 0.857 bits per heavy atom. The molecular formula is C25H29ClN2. The zero-order chi connectivity index (χ0) is 19.4. The highest BCUT2D eigenvalue weighted by Gasteiger charge is 2.42. The lowest BCUT2D eigenvalue weighted by Crippen LogP contribution is -3.00. The summed E-state index contributed by atoms with van der Waals surface area (Å²) in [6.45, 7) is 9.24. The average molecular weight is 393 g/mol. The Bertz CT molecular complexity index is 1010. The third-order valence-corrected chi connectivity index (χ3v) is 6.39. The van der Waals surface area contributed by atoms with Crippen LogP contribution in [0.25, 0.3) is 0 Å². The van der Waals surface area contributed by atoms with Crippen molar-refractivity contribution in [1.29, 1.82) is 0 Å². The van der Waals surface area contributed by atoms with E-state index in [0.29, 0.717) is 0 Å². The number of anilines is 1. The first kappa shape index (κ1) is 20.4. The van der Waals surface area contributed by atoms with Crippen LogP contribution in [0.5, 0.6) is 0 Å². The molecule has 2 aliphatic heterocycles. The van der Waals surface area contributed by atoms with Crippen molar-refractivity contribution in [3.8, 4) is 0 Å². The third-order valence-electron chi connectivity index (χ3n) is 6.39. The van der Waals surface area contributed by atoms with Gasteiger partial charge < -0.3 is 17.3 Å². The second-order valence-electron chi connectivity index (χ2n) is 8.70. The summed E-state index contributed by atoms with van der Waals surface area (Å²) in [7, 11) is 4.34. The predicted molar refractivity (Wildman–Crippen MR) is 115 cm³/mol. The SMILES string of the molecule is CN1/C(=C\C=C\C2=[N+](C)c3ccccc3C2(C)C)C(C)(C)c2ccccc21.[Cl-]. The van der Waals surface area contributed by atoms with Gasteiger partial charge in [-0.15, -0.1) is 0 Å². The summed E-state index contributed by atoms with van der Waals surface area (Å²) in [4.78, 5) is 2.32. The van der Waals surface area contributed by atoms with Crippen LogP contribution in [0.15, 0.2) is 72.5 Å². The van der Waals surface area contributed by atoms with Gasteiger partial charge in [-0.1, -0.05) is 56.3 Å². The zero-order valence-electron chi connectivity index (χ0n) is 17.6. The van der Waals surface area contributed by atoms with Crippen LogP contribution in [0.3, 0.4) is 0 Å². The highest BCUT2D eigenvalue weighted by atomic mass is 35.5. The summed E-state index contributed by atoms with van der Waals surface area (Å²) in [5, 5.41) is 0. The van der Waals surface area contributed by atoms with Gasteiger partial charge in [-0.25, -0.2) is 0 Å². The molecule has 0 atom stereocenters. The lowest BCUT2D eigenvalue weighted by Gasteiger charge is -2.23. The standard InChI is InChI=1S/C25H29N2.ClH/c1-24(2)18-12-7-9-14-20(18)26(5)22(24)16-11-17-23-25(3,4)19-13-8-10-15-21(19)27(23)6;/h7-17H,1-6H3;1H/q+1;/p-1. The lowest BCUT2D eigenvalue weighted by atomic mass is 9.81. The minimum absolute atomic E-state index is 0. The van der Waals surface area contributed by atoms with Gasteiger partial charge in [-0.3, -0.25) is 0 Å². The van der Waals surface area contributed by atoms with Crippen LogP contribution >= 0.6 is 0 Å². The molecule has 2 aromatic rings. The van der Waals surface area contributed by atoms with Gasteiger partial charge in [0.1, 0.15) is 7.05 Å². The molecule has 2 aromatic carbocycles. The van der Waals surface area contributed by atoms with Crippen molar-refractivity contribution in [3.05, 3.63) is 83.6 Å². The second-order valence-corrected chi connectivity index (χ2v) is 8.70. The molecule has 0 N–H and O–H groups in total. The molecular weight excluding hydrogens is 364 g/mol. The van der Waals surface area contributed by atoms with Gasteiger partial charge in [0.25, 0.3) is 0 Å². The van der Waals surface area contributed by atoms with Crippen molar-refractivity contribution in [2.24, 2.45) is 0 Å². The van der Waals surface area contributed by atoms with Gasteiger partial charge in [-0.05, 0) is 31.6 Å². The Morgan fingerprint density at radius 3 is 2.11 bits per heavy atom. The monoisotopic (exact) mass is 392 g/mol. The molecule has 2 nitrogen and oxygen atoms in total.